The summed E-state index contributed by atoms with van der Waals surface area (Å²) in [6.07, 6.45) is 0. The molecule has 0 atom stereocenters. The molecule has 0 aliphatic heterocycles. The van der Waals surface area contributed by atoms with Crippen LogP contribution in [0, 0.1) is 0 Å². The first-order chi connectivity index (χ1) is 10.8. The Balaban J connectivity index is 2.20. The Morgan fingerprint density at radius 1 is 1.00 bits per heavy atom. The van der Waals surface area contributed by atoms with Gasteiger partial charge in [-0.3, -0.25) is 9.52 Å². The highest BCUT2D eigenvalue weighted by Gasteiger charge is 2.17. The van der Waals surface area contributed by atoms with Gasteiger partial charge in [-0.1, -0.05) is 18.2 Å². The highest BCUT2D eigenvalue weighted by atomic mass is 32.2. The number of sulfonamides is 1. The minimum absolute atomic E-state index is 0.0747. The number of amides is 1. The van der Waals surface area contributed by atoms with E-state index in [-0.39, 0.29) is 16.8 Å². The van der Waals surface area contributed by atoms with Crippen LogP contribution in [-0.4, -0.2) is 32.3 Å². The Morgan fingerprint density at radius 3 is 2.09 bits per heavy atom. The number of carbonyl (C=O) groups excluding carboxylic acids is 1. The van der Waals surface area contributed by atoms with Gasteiger partial charge in [-0.05, 0) is 50.2 Å². The molecule has 2 aromatic carbocycles. The molecule has 0 saturated heterocycles. The smallest absolute Gasteiger partial charge is 0.261 e. The Kier molecular flexibility index (Phi) is 5.05. The summed E-state index contributed by atoms with van der Waals surface area (Å²) in [5.74, 6) is -0.139. The minimum Gasteiger partial charge on any atom is -0.339 e. The summed E-state index contributed by atoms with van der Waals surface area (Å²) in [6.45, 7) is 3.83. The van der Waals surface area contributed by atoms with Crippen LogP contribution in [0.4, 0.5) is 5.69 Å². The average molecular weight is 332 g/mol. The first-order valence-corrected chi connectivity index (χ1v) is 8.74. The van der Waals surface area contributed by atoms with Crippen molar-refractivity contribution >= 4 is 21.6 Å². The van der Waals surface area contributed by atoms with Gasteiger partial charge in [0.05, 0.1) is 4.90 Å². The van der Waals surface area contributed by atoms with Gasteiger partial charge in [0.15, 0.2) is 0 Å². The van der Waals surface area contributed by atoms with Crippen molar-refractivity contribution in [2.45, 2.75) is 24.8 Å². The van der Waals surface area contributed by atoms with Gasteiger partial charge in [0.2, 0.25) is 0 Å². The zero-order chi connectivity index (χ0) is 17.0. The zero-order valence-electron chi connectivity index (χ0n) is 13.4. The van der Waals surface area contributed by atoms with E-state index in [1.54, 1.807) is 36.2 Å². The normalized spacial score (nSPS) is 11.3. The van der Waals surface area contributed by atoms with Crippen molar-refractivity contribution in [2.75, 3.05) is 11.8 Å². The van der Waals surface area contributed by atoms with E-state index in [9.17, 15) is 13.2 Å². The molecule has 0 unspecified atom stereocenters. The molecule has 0 radical (unpaired) electrons. The summed E-state index contributed by atoms with van der Waals surface area (Å²) < 4.78 is 27.1. The van der Waals surface area contributed by atoms with E-state index < -0.39 is 10.0 Å². The molecule has 0 heterocycles. The van der Waals surface area contributed by atoms with Gasteiger partial charge in [0.1, 0.15) is 0 Å². The Labute approximate surface area is 137 Å². The predicted molar refractivity (Wildman–Crippen MR) is 90.9 cm³/mol. The first kappa shape index (κ1) is 17.0. The Hall–Kier alpha value is -2.34. The summed E-state index contributed by atoms with van der Waals surface area (Å²) >= 11 is 0. The third-order valence-electron chi connectivity index (χ3n) is 3.53. The maximum absolute atomic E-state index is 12.3. The number of nitrogens with one attached hydrogen (secondary N) is 1. The lowest BCUT2D eigenvalue weighted by Gasteiger charge is -2.21. The molecule has 0 aliphatic carbocycles. The highest BCUT2D eigenvalue weighted by molar-refractivity contribution is 7.92. The van der Waals surface area contributed by atoms with Gasteiger partial charge in [-0.15, -0.1) is 0 Å². The average Bonchev–Trinajstić information content (AvgIpc) is 2.54. The predicted octanol–water partition coefficient (Wildman–Crippen LogP) is 2.97. The fraction of sp³-hybridized carbons (Fsp3) is 0.235. The molecule has 0 fully saturated rings. The van der Waals surface area contributed by atoms with Crippen molar-refractivity contribution in [3.05, 3.63) is 60.2 Å². The Morgan fingerprint density at radius 2 is 1.57 bits per heavy atom. The van der Waals surface area contributed by atoms with Crippen molar-refractivity contribution < 1.29 is 13.2 Å². The summed E-state index contributed by atoms with van der Waals surface area (Å²) in [6, 6.07) is 14.7. The summed E-state index contributed by atoms with van der Waals surface area (Å²) in [7, 11) is -1.95. The molecule has 0 bridgehead atoms. The van der Waals surface area contributed by atoms with E-state index in [1.165, 1.54) is 24.3 Å². The molecular formula is C17H20N2O3S. The van der Waals surface area contributed by atoms with E-state index in [1.807, 2.05) is 19.9 Å². The van der Waals surface area contributed by atoms with Crippen LogP contribution in [-0.2, 0) is 10.0 Å². The lowest BCUT2D eigenvalue weighted by Crippen LogP contribution is -2.32. The van der Waals surface area contributed by atoms with E-state index in [2.05, 4.69) is 4.72 Å². The van der Waals surface area contributed by atoms with Crippen LogP contribution in [0.1, 0.15) is 24.2 Å². The minimum atomic E-state index is -3.67. The van der Waals surface area contributed by atoms with Gasteiger partial charge in [0.25, 0.3) is 15.9 Å². The van der Waals surface area contributed by atoms with Crippen LogP contribution in [0.5, 0.6) is 0 Å². The van der Waals surface area contributed by atoms with Crippen LogP contribution in [0.3, 0.4) is 0 Å². The van der Waals surface area contributed by atoms with Crippen molar-refractivity contribution in [3.8, 4) is 0 Å². The number of benzene rings is 2. The van der Waals surface area contributed by atoms with Crippen molar-refractivity contribution in [3.63, 3.8) is 0 Å². The van der Waals surface area contributed by atoms with E-state index >= 15 is 0 Å². The van der Waals surface area contributed by atoms with Gasteiger partial charge in [-0.2, -0.15) is 0 Å². The molecular weight excluding hydrogens is 312 g/mol. The number of para-hydroxylation sites is 1. The second-order valence-electron chi connectivity index (χ2n) is 5.51. The molecule has 0 spiro atoms. The second kappa shape index (κ2) is 6.83. The number of carbonyl (C=O) groups is 1. The van der Waals surface area contributed by atoms with Crippen LogP contribution >= 0.6 is 0 Å². The SMILES string of the molecule is CC(C)N(C)C(=O)c1ccc(S(=O)(=O)Nc2ccccc2)cc1. The third-order valence-corrected chi connectivity index (χ3v) is 4.93. The molecule has 0 saturated carbocycles. The van der Waals surface area contributed by atoms with Crippen molar-refractivity contribution in [1.82, 2.24) is 4.90 Å². The molecule has 1 amide bonds. The monoisotopic (exact) mass is 332 g/mol. The first-order valence-electron chi connectivity index (χ1n) is 7.26. The molecule has 0 aromatic heterocycles. The Bertz CT molecular complexity index is 769. The fourth-order valence-corrected chi connectivity index (χ4v) is 2.99. The maximum atomic E-state index is 12.3. The third kappa shape index (κ3) is 4.10. The topological polar surface area (TPSA) is 66.5 Å². The van der Waals surface area contributed by atoms with Crippen LogP contribution in [0.15, 0.2) is 59.5 Å². The van der Waals surface area contributed by atoms with Gasteiger partial charge < -0.3 is 4.90 Å². The zero-order valence-corrected chi connectivity index (χ0v) is 14.2. The van der Waals surface area contributed by atoms with Gasteiger partial charge in [0, 0.05) is 24.3 Å². The fourth-order valence-electron chi connectivity index (χ4n) is 1.94. The summed E-state index contributed by atoms with van der Waals surface area (Å²) in [5.41, 5.74) is 0.951. The lowest BCUT2D eigenvalue weighted by molar-refractivity contribution is 0.0755. The quantitative estimate of drug-likeness (QED) is 0.915. The largest absolute Gasteiger partial charge is 0.339 e. The molecule has 2 aromatic rings. The molecule has 2 rings (SSSR count). The van der Waals surface area contributed by atoms with E-state index in [4.69, 9.17) is 0 Å². The van der Waals surface area contributed by atoms with Crippen LogP contribution < -0.4 is 4.72 Å². The molecule has 1 N–H and O–H groups in total. The van der Waals surface area contributed by atoms with E-state index in [0.29, 0.717) is 11.3 Å². The van der Waals surface area contributed by atoms with Gasteiger partial charge >= 0.3 is 0 Å². The van der Waals surface area contributed by atoms with Crippen LogP contribution in [0.25, 0.3) is 0 Å². The maximum Gasteiger partial charge on any atom is 0.261 e. The number of nitrogens with zero attached hydrogens (tertiary/aromatic N) is 1. The molecule has 5 nitrogen and oxygen atoms in total. The molecule has 122 valence electrons. The number of hydrogen-bond acceptors (Lipinski definition) is 3. The number of anilines is 1. The lowest BCUT2D eigenvalue weighted by atomic mass is 10.2. The summed E-state index contributed by atoms with van der Waals surface area (Å²) in [4.78, 5) is 13.9. The van der Waals surface area contributed by atoms with Crippen molar-refractivity contribution in [1.29, 1.82) is 0 Å². The summed E-state index contributed by atoms with van der Waals surface area (Å²) in [5, 5.41) is 0. The molecule has 0 aliphatic rings. The standard InChI is InChI=1S/C17H20N2O3S/c1-13(2)19(3)17(20)14-9-11-16(12-10-14)23(21,22)18-15-7-5-4-6-8-15/h4-13,18H,1-3H3. The highest BCUT2D eigenvalue weighted by Crippen LogP contribution is 2.17. The second-order valence-corrected chi connectivity index (χ2v) is 7.19. The molecule has 23 heavy (non-hydrogen) atoms. The van der Waals surface area contributed by atoms with E-state index in [0.717, 1.165) is 0 Å². The number of rotatable bonds is 5. The number of hydrogen-bond donors (Lipinski definition) is 1. The van der Waals surface area contributed by atoms with Crippen LogP contribution in [0.2, 0.25) is 0 Å². The molecule has 6 heteroatoms. The van der Waals surface area contributed by atoms with Gasteiger partial charge in [-0.25, -0.2) is 8.42 Å². The van der Waals surface area contributed by atoms with Crippen molar-refractivity contribution in [2.24, 2.45) is 0 Å².